The fourth-order valence-corrected chi connectivity index (χ4v) is 5.12. The number of halogens is 4. The lowest BCUT2D eigenvalue weighted by atomic mass is 9.93. The number of aryl methyl sites for hydroxylation is 1. The zero-order chi connectivity index (χ0) is 26.0. The van der Waals surface area contributed by atoms with Crippen LogP contribution in [0.1, 0.15) is 40.9 Å². The zero-order valence-electron chi connectivity index (χ0n) is 19.2. The maximum Gasteiger partial charge on any atom is 0.471 e. The highest BCUT2D eigenvalue weighted by Gasteiger charge is 2.40. The summed E-state index contributed by atoms with van der Waals surface area (Å²) in [6.07, 6.45) is -2.64. The molecule has 1 saturated carbocycles. The lowest BCUT2D eigenvalue weighted by Gasteiger charge is -2.30. The first-order chi connectivity index (χ1) is 17.1. The van der Waals surface area contributed by atoms with Gasteiger partial charge in [0.2, 0.25) is 0 Å². The lowest BCUT2D eigenvalue weighted by Crippen LogP contribution is -2.45. The van der Waals surface area contributed by atoms with Crippen molar-refractivity contribution in [3.63, 3.8) is 0 Å². The second kappa shape index (κ2) is 10.2. The number of ether oxygens (including phenoxy) is 2. The van der Waals surface area contributed by atoms with Gasteiger partial charge in [-0.1, -0.05) is 0 Å². The highest BCUT2D eigenvalue weighted by Crippen LogP contribution is 2.37. The van der Waals surface area contributed by atoms with E-state index in [0.29, 0.717) is 57.8 Å². The third-order valence-corrected chi connectivity index (χ3v) is 7.03. The van der Waals surface area contributed by atoms with Gasteiger partial charge in [-0.15, -0.1) is 11.3 Å². The molecule has 0 aliphatic heterocycles. The van der Waals surface area contributed by atoms with Crippen molar-refractivity contribution in [2.24, 2.45) is 0 Å². The smallest absolute Gasteiger partial charge is 0.471 e. The molecular weight excluding hydrogens is 504 g/mol. The van der Waals surface area contributed by atoms with Crippen molar-refractivity contribution in [1.29, 1.82) is 0 Å². The number of fused-ring (bicyclic) bond motifs is 1. The monoisotopic (exact) mass is 526 g/mol. The number of thiophene rings is 1. The number of rotatable bonds is 6. The summed E-state index contributed by atoms with van der Waals surface area (Å²) in [6.45, 7) is 1.75. The minimum Gasteiger partial charge on any atom is -0.488 e. The van der Waals surface area contributed by atoms with Crippen LogP contribution >= 0.6 is 11.3 Å². The third-order valence-electron chi connectivity index (χ3n) is 5.85. The Labute approximate surface area is 207 Å². The van der Waals surface area contributed by atoms with Gasteiger partial charge in [0.15, 0.2) is 0 Å². The molecule has 1 aliphatic carbocycles. The summed E-state index contributed by atoms with van der Waals surface area (Å²) < 4.78 is 62.4. The van der Waals surface area contributed by atoms with Gasteiger partial charge in [-0.25, -0.2) is 19.2 Å². The average molecular weight is 527 g/mol. The van der Waals surface area contributed by atoms with Crippen LogP contribution in [0.2, 0.25) is 0 Å². The quantitative estimate of drug-likeness (QED) is 0.343. The van der Waals surface area contributed by atoms with E-state index in [-0.39, 0.29) is 11.9 Å². The van der Waals surface area contributed by atoms with Gasteiger partial charge in [0.25, 0.3) is 0 Å². The fraction of sp³-hybridized carbons (Fsp3) is 0.391. The molecule has 0 atom stereocenters. The Kier molecular flexibility index (Phi) is 7.29. The normalized spacial score (nSPS) is 18.1. The molecule has 2 heterocycles. The number of hydrogen-bond donors (Lipinski definition) is 2. The van der Waals surface area contributed by atoms with Gasteiger partial charge in [-0.05, 0) is 50.3 Å². The standard InChI is InChI=1S/C23H22F4N4O4S/c1-11-17-19(28-10-29-20(17)36-18(11)21(32)34-2)31-15-8-3-12(24)9-16(15)35-14-6-4-13(5-7-14)30-22(33)23(25,26)27/h3,8-10,13-14H,4-7H2,1-2H3,(H,30,33)(H,28,29,31). The number of carbonyl (C=O) groups is 2. The first kappa shape index (κ1) is 25.6. The molecular formula is C23H22F4N4O4S. The molecule has 2 N–H and O–H groups in total. The molecule has 8 nitrogen and oxygen atoms in total. The Bertz CT molecular complexity index is 1290. The van der Waals surface area contributed by atoms with Crippen molar-refractivity contribution in [3.8, 4) is 5.75 Å². The molecule has 0 spiro atoms. The Morgan fingerprint density at radius 1 is 1.14 bits per heavy atom. The lowest BCUT2D eigenvalue weighted by molar-refractivity contribution is -0.174. The van der Waals surface area contributed by atoms with Gasteiger partial charge in [0.05, 0.1) is 24.3 Å². The summed E-state index contributed by atoms with van der Waals surface area (Å²) in [6, 6.07) is 3.33. The van der Waals surface area contributed by atoms with Crippen LogP contribution in [0.25, 0.3) is 10.2 Å². The topological polar surface area (TPSA) is 102 Å². The summed E-state index contributed by atoms with van der Waals surface area (Å²) in [4.78, 5) is 32.7. The van der Waals surface area contributed by atoms with E-state index in [9.17, 15) is 27.2 Å². The SMILES string of the molecule is COC(=O)c1sc2ncnc(Nc3ccc(F)cc3OC3CCC(NC(=O)C(F)(F)F)CC3)c2c1C. The molecule has 3 aromatic rings. The molecule has 2 aromatic heterocycles. The van der Waals surface area contributed by atoms with Crippen LogP contribution in [0.15, 0.2) is 24.5 Å². The van der Waals surface area contributed by atoms with Crippen LogP contribution in [0.4, 0.5) is 29.1 Å². The number of nitrogens with one attached hydrogen (secondary N) is 2. The van der Waals surface area contributed by atoms with Gasteiger partial charge in [0, 0.05) is 12.1 Å². The van der Waals surface area contributed by atoms with Gasteiger partial charge in [-0.3, -0.25) is 4.79 Å². The van der Waals surface area contributed by atoms with E-state index in [1.165, 1.54) is 31.6 Å². The number of carbonyl (C=O) groups excluding carboxylic acids is 2. The van der Waals surface area contributed by atoms with Gasteiger partial charge < -0.3 is 20.1 Å². The molecule has 1 aromatic carbocycles. The first-order valence-electron chi connectivity index (χ1n) is 11.0. The number of aromatic nitrogens is 2. The molecule has 4 rings (SSSR count). The Hall–Kier alpha value is -3.48. The van der Waals surface area contributed by atoms with Crippen molar-refractivity contribution in [2.75, 3.05) is 12.4 Å². The highest BCUT2D eigenvalue weighted by molar-refractivity contribution is 7.20. The molecule has 0 saturated heterocycles. The molecule has 0 unspecified atom stereocenters. The van der Waals surface area contributed by atoms with E-state index in [0.717, 1.165) is 11.3 Å². The summed E-state index contributed by atoms with van der Waals surface area (Å²) in [5.41, 5.74) is 1.04. The number of esters is 1. The first-order valence-corrected chi connectivity index (χ1v) is 11.8. The summed E-state index contributed by atoms with van der Waals surface area (Å²) in [5, 5.41) is 5.73. The largest absolute Gasteiger partial charge is 0.488 e. The molecule has 1 aliphatic rings. The van der Waals surface area contributed by atoms with E-state index >= 15 is 0 Å². The summed E-state index contributed by atoms with van der Waals surface area (Å²) >= 11 is 1.16. The number of hydrogen-bond acceptors (Lipinski definition) is 8. The van der Waals surface area contributed by atoms with Crippen molar-refractivity contribution in [1.82, 2.24) is 15.3 Å². The van der Waals surface area contributed by atoms with Crippen LogP contribution in [-0.4, -0.2) is 47.3 Å². The molecule has 192 valence electrons. The number of methoxy groups -OCH3 is 1. The van der Waals surface area contributed by atoms with Crippen molar-refractivity contribution < 1.29 is 36.6 Å². The maximum atomic E-state index is 14.1. The van der Waals surface area contributed by atoms with Crippen molar-refractivity contribution >= 4 is 44.9 Å². The van der Waals surface area contributed by atoms with E-state index in [2.05, 4.69) is 15.3 Å². The second-order valence-corrected chi connectivity index (χ2v) is 9.28. The number of benzene rings is 1. The number of anilines is 2. The van der Waals surface area contributed by atoms with Gasteiger partial charge in [0.1, 0.15) is 33.4 Å². The Morgan fingerprint density at radius 3 is 2.53 bits per heavy atom. The van der Waals surface area contributed by atoms with Crippen LogP contribution in [0, 0.1) is 12.7 Å². The average Bonchev–Trinajstić information content (AvgIpc) is 3.18. The van der Waals surface area contributed by atoms with Gasteiger partial charge in [-0.2, -0.15) is 13.2 Å². The number of alkyl halides is 3. The molecule has 1 amide bonds. The second-order valence-electron chi connectivity index (χ2n) is 8.28. The predicted octanol–water partition coefficient (Wildman–Crippen LogP) is 5.04. The van der Waals surface area contributed by atoms with E-state index in [4.69, 9.17) is 9.47 Å². The van der Waals surface area contributed by atoms with Crippen LogP contribution in [0.5, 0.6) is 5.75 Å². The molecule has 1 fully saturated rings. The fourth-order valence-electron chi connectivity index (χ4n) is 4.05. The van der Waals surface area contributed by atoms with Crippen LogP contribution in [-0.2, 0) is 9.53 Å². The minimum absolute atomic E-state index is 0.200. The highest BCUT2D eigenvalue weighted by atomic mass is 32.1. The molecule has 0 radical (unpaired) electrons. The van der Waals surface area contributed by atoms with E-state index in [1.807, 2.05) is 5.32 Å². The van der Waals surface area contributed by atoms with E-state index in [1.54, 1.807) is 6.92 Å². The van der Waals surface area contributed by atoms with Crippen LogP contribution < -0.4 is 15.4 Å². The molecule has 36 heavy (non-hydrogen) atoms. The number of amides is 1. The molecule has 0 bridgehead atoms. The van der Waals surface area contributed by atoms with Crippen molar-refractivity contribution in [3.05, 3.63) is 40.8 Å². The number of nitrogens with zero attached hydrogens (tertiary/aromatic N) is 2. The maximum absolute atomic E-state index is 14.1. The van der Waals surface area contributed by atoms with Crippen LogP contribution in [0.3, 0.4) is 0 Å². The van der Waals surface area contributed by atoms with Crippen molar-refractivity contribution in [2.45, 2.75) is 50.9 Å². The Morgan fingerprint density at radius 2 is 1.86 bits per heavy atom. The molecule has 13 heteroatoms. The third kappa shape index (κ3) is 5.50. The van der Waals surface area contributed by atoms with Gasteiger partial charge >= 0.3 is 18.1 Å². The minimum atomic E-state index is -4.93. The Balaban J connectivity index is 1.51. The summed E-state index contributed by atoms with van der Waals surface area (Å²) in [7, 11) is 1.29. The zero-order valence-corrected chi connectivity index (χ0v) is 20.1. The van der Waals surface area contributed by atoms with E-state index < -0.39 is 29.9 Å². The summed E-state index contributed by atoms with van der Waals surface area (Å²) in [5.74, 6) is -2.40. The predicted molar refractivity (Wildman–Crippen MR) is 124 cm³/mol.